The van der Waals surface area contributed by atoms with E-state index >= 15 is 0 Å². The number of anilines is 1. The average molecular weight is 264 g/mol. The standard InChI is InChI=1S/C14H24N4O/c1-4-19-12-5-7-18(8-6-12)14-13(9-15)10(2)11(3)16-17-14/h12H,4-9,15H2,1-3H3. The Morgan fingerprint density at radius 2 is 1.95 bits per heavy atom. The number of aromatic nitrogens is 2. The van der Waals surface area contributed by atoms with Crippen molar-refractivity contribution < 1.29 is 4.74 Å². The maximum atomic E-state index is 5.88. The third-order valence-electron chi connectivity index (χ3n) is 3.91. The van der Waals surface area contributed by atoms with E-state index in [1.165, 1.54) is 5.56 Å². The Labute approximate surface area is 115 Å². The van der Waals surface area contributed by atoms with Crippen LogP contribution in [0.4, 0.5) is 5.82 Å². The molecule has 19 heavy (non-hydrogen) atoms. The Kier molecular flexibility index (Phi) is 4.71. The monoisotopic (exact) mass is 264 g/mol. The number of piperidine rings is 1. The van der Waals surface area contributed by atoms with Gasteiger partial charge >= 0.3 is 0 Å². The number of nitrogens with two attached hydrogens (primary N) is 1. The Morgan fingerprint density at radius 1 is 1.26 bits per heavy atom. The number of ether oxygens (including phenoxy) is 1. The Morgan fingerprint density at radius 3 is 2.53 bits per heavy atom. The second-order valence-electron chi connectivity index (χ2n) is 5.06. The molecule has 5 heteroatoms. The first-order valence-electron chi connectivity index (χ1n) is 7.06. The van der Waals surface area contributed by atoms with Gasteiger partial charge in [0, 0.05) is 31.8 Å². The molecule has 1 saturated heterocycles. The highest BCUT2D eigenvalue weighted by atomic mass is 16.5. The van der Waals surface area contributed by atoms with Gasteiger partial charge in [-0.05, 0) is 39.2 Å². The fourth-order valence-electron chi connectivity index (χ4n) is 2.61. The highest BCUT2D eigenvalue weighted by Crippen LogP contribution is 2.25. The Balaban J connectivity index is 2.13. The lowest BCUT2D eigenvalue weighted by Gasteiger charge is -2.33. The summed E-state index contributed by atoms with van der Waals surface area (Å²) in [5.41, 5.74) is 9.14. The molecule has 1 aromatic rings. The molecule has 1 aliphatic heterocycles. The quantitative estimate of drug-likeness (QED) is 0.894. The van der Waals surface area contributed by atoms with Crippen LogP contribution in [0.15, 0.2) is 0 Å². The highest BCUT2D eigenvalue weighted by molar-refractivity contribution is 5.50. The summed E-state index contributed by atoms with van der Waals surface area (Å²) in [6.07, 6.45) is 2.49. The predicted molar refractivity (Wildman–Crippen MR) is 76.3 cm³/mol. The van der Waals surface area contributed by atoms with Crippen LogP contribution in [-0.2, 0) is 11.3 Å². The fraction of sp³-hybridized carbons (Fsp3) is 0.714. The van der Waals surface area contributed by atoms with Crippen LogP contribution in [0, 0.1) is 13.8 Å². The van der Waals surface area contributed by atoms with Crippen molar-refractivity contribution in [1.29, 1.82) is 0 Å². The molecule has 0 atom stereocenters. The average Bonchev–Trinajstić information content (AvgIpc) is 2.43. The summed E-state index contributed by atoms with van der Waals surface area (Å²) in [5, 5.41) is 8.60. The van der Waals surface area contributed by atoms with Gasteiger partial charge in [0.1, 0.15) is 0 Å². The minimum absolute atomic E-state index is 0.391. The molecule has 1 aromatic heterocycles. The maximum absolute atomic E-state index is 5.88. The van der Waals surface area contributed by atoms with Crippen molar-refractivity contribution in [2.45, 2.75) is 46.3 Å². The zero-order chi connectivity index (χ0) is 13.8. The van der Waals surface area contributed by atoms with Crippen molar-refractivity contribution in [3.8, 4) is 0 Å². The van der Waals surface area contributed by atoms with Crippen LogP contribution in [0.1, 0.15) is 36.6 Å². The summed E-state index contributed by atoms with van der Waals surface area (Å²) in [4.78, 5) is 2.29. The molecule has 2 N–H and O–H groups in total. The zero-order valence-electron chi connectivity index (χ0n) is 12.1. The number of hydrogen-bond acceptors (Lipinski definition) is 5. The lowest BCUT2D eigenvalue weighted by Crippen LogP contribution is -2.38. The van der Waals surface area contributed by atoms with E-state index in [0.29, 0.717) is 12.6 Å². The lowest BCUT2D eigenvalue weighted by molar-refractivity contribution is 0.0458. The van der Waals surface area contributed by atoms with Crippen LogP contribution in [0.3, 0.4) is 0 Å². The summed E-state index contributed by atoms with van der Waals surface area (Å²) in [7, 11) is 0. The van der Waals surface area contributed by atoms with E-state index in [1.54, 1.807) is 0 Å². The van der Waals surface area contributed by atoms with Crippen molar-refractivity contribution >= 4 is 5.82 Å². The molecule has 0 unspecified atom stereocenters. The molecule has 0 aromatic carbocycles. The number of hydrogen-bond donors (Lipinski definition) is 1. The first kappa shape index (κ1) is 14.2. The third kappa shape index (κ3) is 3.04. The topological polar surface area (TPSA) is 64.3 Å². The molecule has 0 amide bonds. The second kappa shape index (κ2) is 6.30. The Bertz CT molecular complexity index is 428. The SMILES string of the molecule is CCOC1CCN(c2nnc(C)c(C)c2CN)CC1. The number of rotatable bonds is 4. The van der Waals surface area contributed by atoms with Crippen molar-refractivity contribution in [1.82, 2.24) is 10.2 Å². The van der Waals surface area contributed by atoms with Crippen LogP contribution in [-0.4, -0.2) is 36.0 Å². The van der Waals surface area contributed by atoms with Gasteiger partial charge in [0.15, 0.2) is 5.82 Å². The van der Waals surface area contributed by atoms with Crippen molar-refractivity contribution in [2.75, 3.05) is 24.6 Å². The highest BCUT2D eigenvalue weighted by Gasteiger charge is 2.23. The van der Waals surface area contributed by atoms with Crippen molar-refractivity contribution in [2.24, 2.45) is 5.73 Å². The van der Waals surface area contributed by atoms with Gasteiger partial charge in [-0.3, -0.25) is 0 Å². The molecule has 2 rings (SSSR count). The lowest BCUT2D eigenvalue weighted by atomic mass is 10.0. The van der Waals surface area contributed by atoms with E-state index in [2.05, 4.69) is 22.0 Å². The molecule has 5 nitrogen and oxygen atoms in total. The Hall–Kier alpha value is -1.20. The summed E-state index contributed by atoms with van der Waals surface area (Å²) in [6.45, 7) is 9.34. The zero-order valence-corrected chi connectivity index (χ0v) is 12.1. The molecule has 0 radical (unpaired) electrons. The van der Waals surface area contributed by atoms with Gasteiger partial charge in [0.05, 0.1) is 11.8 Å². The minimum atomic E-state index is 0.391. The molecular formula is C14H24N4O. The first-order valence-corrected chi connectivity index (χ1v) is 7.06. The van der Waals surface area contributed by atoms with Gasteiger partial charge in [0.25, 0.3) is 0 Å². The summed E-state index contributed by atoms with van der Waals surface area (Å²) in [5.74, 6) is 0.959. The van der Waals surface area contributed by atoms with E-state index in [9.17, 15) is 0 Å². The fourth-order valence-corrected chi connectivity index (χ4v) is 2.61. The molecular weight excluding hydrogens is 240 g/mol. The molecule has 106 valence electrons. The predicted octanol–water partition coefficient (Wildman–Crippen LogP) is 1.56. The molecule has 2 heterocycles. The van der Waals surface area contributed by atoms with Gasteiger partial charge in [-0.25, -0.2) is 0 Å². The summed E-state index contributed by atoms with van der Waals surface area (Å²) >= 11 is 0. The molecule has 0 spiro atoms. The minimum Gasteiger partial charge on any atom is -0.378 e. The summed E-state index contributed by atoms with van der Waals surface area (Å²) in [6, 6.07) is 0. The van der Waals surface area contributed by atoms with Gasteiger partial charge < -0.3 is 15.4 Å². The van der Waals surface area contributed by atoms with Gasteiger partial charge in [-0.1, -0.05) is 0 Å². The number of nitrogens with zero attached hydrogens (tertiary/aromatic N) is 3. The normalized spacial score (nSPS) is 16.9. The van der Waals surface area contributed by atoms with Crippen LogP contribution in [0.5, 0.6) is 0 Å². The van der Waals surface area contributed by atoms with Crippen LogP contribution < -0.4 is 10.6 Å². The van der Waals surface area contributed by atoms with E-state index in [4.69, 9.17) is 10.5 Å². The second-order valence-corrected chi connectivity index (χ2v) is 5.06. The molecule has 0 bridgehead atoms. The smallest absolute Gasteiger partial charge is 0.156 e. The van der Waals surface area contributed by atoms with E-state index < -0.39 is 0 Å². The van der Waals surface area contributed by atoms with E-state index in [-0.39, 0.29) is 0 Å². The summed E-state index contributed by atoms with van der Waals surface area (Å²) < 4.78 is 5.68. The largest absolute Gasteiger partial charge is 0.378 e. The van der Waals surface area contributed by atoms with Crippen molar-refractivity contribution in [3.63, 3.8) is 0 Å². The molecule has 1 fully saturated rings. The van der Waals surface area contributed by atoms with Crippen molar-refractivity contribution in [3.05, 3.63) is 16.8 Å². The third-order valence-corrected chi connectivity index (χ3v) is 3.91. The van der Waals surface area contributed by atoms with Gasteiger partial charge in [0.2, 0.25) is 0 Å². The maximum Gasteiger partial charge on any atom is 0.156 e. The van der Waals surface area contributed by atoms with Gasteiger partial charge in [-0.2, -0.15) is 5.10 Å². The molecule has 0 saturated carbocycles. The first-order chi connectivity index (χ1) is 9.17. The van der Waals surface area contributed by atoms with E-state index in [1.807, 2.05) is 13.8 Å². The van der Waals surface area contributed by atoms with Crippen LogP contribution in [0.2, 0.25) is 0 Å². The number of aryl methyl sites for hydroxylation is 1. The van der Waals surface area contributed by atoms with Crippen LogP contribution >= 0.6 is 0 Å². The molecule has 0 aliphatic carbocycles. The molecule has 1 aliphatic rings. The van der Waals surface area contributed by atoms with E-state index in [0.717, 1.165) is 49.6 Å². The van der Waals surface area contributed by atoms with Crippen LogP contribution in [0.25, 0.3) is 0 Å². The van der Waals surface area contributed by atoms with Gasteiger partial charge in [-0.15, -0.1) is 5.10 Å².